The third kappa shape index (κ3) is 3.40. The quantitative estimate of drug-likeness (QED) is 0.840. The van der Waals surface area contributed by atoms with Crippen molar-refractivity contribution in [2.75, 3.05) is 25.0 Å². The van der Waals surface area contributed by atoms with Crippen molar-refractivity contribution in [2.45, 2.75) is 39.3 Å². The molecule has 0 saturated carbocycles. The SMILES string of the molecule is CCNc1cc(C)nc(CN2CCC(C)(O)C2)n1. The number of aryl methyl sites for hydroxylation is 1. The maximum atomic E-state index is 9.94. The van der Waals surface area contributed by atoms with Crippen LogP contribution in [0.3, 0.4) is 0 Å². The first kappa shape index (κ1) is 13.2. The van der Waals surface area contributed by atoms with Gasteiger partial charge in [0.05, 0.1) is 12.1 Å². The van der Waals surface area contributed by atoms with Gasteiger partial charge in [0, 0.05) is 31.4 Å². The summed E-state index contributed by atoms with van der Waals surface area (Å²) < 4.78 is 0. The van der Waals surface area contributed by atoms with Gasteiger partial charge in [-0.3, -0.25) is 4.90 Å². The Morgan fingerprint density at radius 2 is 2.28 bits per heavy atom. The lowest BCUT2D eigenvalue weighted by Crippen LogP contribution is -2.30. The van der Waals surface area contributed by atoms with Crippen molar-refractivity contribution in [2.24, 2.45) is 0 Å². The zero-order valence-corrected chi connectivity index (χ0v) is 11.4. The van der Waals surface area contributed by atoms with E-state index in [0.717, 1.165) is 36.8 Å². The summed E-state index contributed by atoms with van der Waals surface area (Å²) in [6, 6.07) is 1.95. The molecular formula is C13H22N4O. The Bertz CT molecular complexity index is 419. The summed E-state index contributed by atoms with van der Waals surface area (Å²) in [6.07, 6.45) is 0.818. The number of hydrogen-bond acceptors (Lipinski definition) is 5. The van der Waals surface area contributed by atoms with Gasteiger partial charge >= 0.3 is 0 Å². The van der Waals surface area contributed by atoms with Crippen LogP contribution in [0.1, 0.15) is 31.8 Å². The third-order valence-corrected chi connectivity index (χ3v) is 3.15. The first-order valence-electron chi connectivity index (χ1n) is 6.52. The van der Waals surface area contributed by atoms with E-state index in [4.69, 9.17) is 0 Å². The van der Waals surface area contributed by atoms with Gasteiger partial charge in [-0.05, 0) is 27.2 Å². The van der Waals surface area contributed by atoms with Crippen molar-refractivity contribution in [3.05, 3.63) is 17.6 Å². The number of nitrogens with zero attached hydrogens (tertiary/aromatic N) is 3. The highest BCUT2D eigenvalue weighted by molar-refractivity contribution is 5.35. The molecule has 0 aliphatic carbocycles. The Morgan fingerprint density at radius 3 is 2.89 bits per heavy atom. The highest BCUT2D eigenvalue weighted by atomic mass is 16.3. The second-order valence-electron chi connectivity index (χ2n) is 5.30. The molecule has 1 aromatic heterocycles. The molecule has 0 spiro atoms. The van der Waals surface area contributed by atoms with Crippen molar-refractivity contribution < 1.29 is 5.11 Å². The largest absolute Gasteiger partial charge is 0.389 e. The van der Waals surface area contributed by atoms with Crippen molar-refractivity contribution in [3.63, 3.8) is 0 Å². The third-order valence-electron chi connectivity index (χ3n) is 3.15. The van der Waals surface area contributed by atoms with Crippen LogP contribution >= 0.6 is 0 Å². The minimum atomic E-state index is -0.561. The van der Waals surface area contributed by atoms with Crippen molar-refractivity contribution >= 4 is 5.82 Å². The van der Waals surface area contributed by atoms with Crippen LogP contribution in [0.2, 0.25) is 0 Å². The molecule has 0 amide bonds. The van der Waals surface area contributed by atoms with E-state index >= 15 is 0 Å². The van der Waals surface area contributed by atoms with Gasteiger partial charge < -0.3 is 10.4 Å². The Kier molecular flexibility index (Phi) is 3.82. The molecule has 1 saturated heterocycles. The Labute approximate surface area is 108 Å². The van der Waals surface area contributed by atoms with E-state index in [1.165, 1.54) is 0 Å². The van der Waals surface area contributed by atoms with Gasteiger partial charge in [-0.1, -0.05) is 0 Å². The number of aromatic nitrogens is 2. The second-order valence-corrected chi connectivity index (χ2v) is 5.30. The van der Waals surface area contributed by atoms with Crippen LogP contribution in [-0.2, 0) is 6.54 Å². The number of anilines is 1. The molecule has 2 N–H and O–H groups in total. The summed E-state index contributed by atoms with van der Waals surface area (Å²) in [4.78, 5) is 11.1. The number of β-amino-alcohol motifs (C(OH)–C–C–N with tert-alkyl or cyclic N) is 1. The first-order chi connectivity index (χ1) is 8.48. The van der Waals surface area contributed by atoms with E-state index in [9.17, 15) is 5.11 Å². The molecule has 2 heterocycles. The van der Waals surface area contributed by atoms with E-state index in [-0.39, 0.29) is 0 Å². The summed E-state index contributed by atoms with van der Waals surface area (Å²) in [5.41, 5.74) is 0.413. The van der Waals surface area contributed by atoms with Crippen molar-refractivity contribution in [3.8, 4) is 0 Å². The highest BCUT2D eigenvalue weighted by Gasteiger charge is 2.31. The molecule has 1 fully saturated rings. The Balaban J connectivity index is 2.05. The lowest BCUT2D eigenvalue weighted by atomic mass is 10.1. The molecule has 2 rings (SSSR count). The molecule has 1 atom stereocenters. The molecule has 5 nitrogen and oxygen atoms in total. The predicted molar refractivity (Wildman–Crippen MR) is 71.5 cm³/mol. The van der Waals surface area contributed by atoms with Gasteiger partial charge in [0.2, 0.25) is 0 Å². The fraction of sp³-hybridized carbons (Fsp3) is 0.692. The molecule has 18 heavy (non-hydrogen) atoms. The second kappa shape index (κ2) is 5.20. The number of nitrogens with one attached hydrogen (secondary N) is 1. The molecule has 1 aliphatic heterocycles. The lowest BCUT2D eigenvalue weighted by Gasteiger charge is -2.18. The van der Waals surface area contributed by atoms with Gasteiger partial charge in [0.1, 0.15) is 11.6 Å². The van der Waals surface area contributed by atoms with Crippen LogP contribution in [0.4, 0.5) is 5.82 Å². The maximum Gasteiger partial charge on any atom is 0.144 e. The van der Waals surface area contributed by atoms with E-state index in [1.807, 2.05) is 19.9 Å². The van der Waals surface area contributed by atoms with E-state index in [0.29, 0.717) is 13.1 Å². The summed E-state index contributed by atoms with van der Waals surface area (Å²) in [7, 11) is 0. The predicted octanol–water partition coefficient (Wildman–Crippen LogP) is 1.17. The average molecular weight is 250 g/mol. The molecular weight excluding hydrogens is 228 g/mol. The minimum Gasteiger partial charge on any atom is -0.389 e. The number of aliphatic hydroxyl groups is 1. The smallest absolute Gasteiger partial charge is 0.144 e. The van der Waals surface area contributed by atoms with Crippen LogP contribution < -0.4 is 5.32 Å². The molecule has 1 aliphatic rings. The Morgan fingerprint density at radius 1 is 1.50 bits per heavy atom. The first-order valence-corrected chi connectivity index (χ1v) is 6.52. The van der Waals surface area contributed by atoms with Gasteiger partial charge in [-0.25, -0.2) is 9.97 Å². The molecule has 0 bridgehead atoms. The van der Waals surface area contributed by atoms with Gasteiger partial charge in [0.15, 0.2) is 0 Å². The highest BCUT2D eigenvalue weighted by Crippen LogP contribution is 2.21. The fourth-order valence-electron chi connectivity index (χ4n) is 2.35. The van der Waals surface area contributed by atoms with Gasteiger partial charge in [-0.2, -0.15) is 0 Å². The number of likely N-dealkylation sites (tertiary alicyclic amines) is 1. The van der Waals surface area contributed by atoms with E-state index in [2.05, 4.69) is 27.1 Å². The zero-order chi connectivity index (χ0) is 13.2. The average Bonchev–Trinajstić information content (AvgIpc) is 2.57. The molecule has 0 radical (unpaired) electrons. The molecule has 0 aromatic carbocycles. The summed E-state index contributed by atoms with van der Waals surface area (Å²) in [6.45, 7) is 9.07. The normalized spacial score (nSPS) is 24.4. The molecule has 100 valence electrons. The topological polar surface area (TPSA) is 61.3 Å². The number of hydrogen-bond donors (Lipinski definition) is 2. The zero-order valence-electron chi connectivity index (χ0n) is 11.4. The van der Waals surface area contributed by atoms with Crippen LogP contribution in [0.5, 0.6) is 0 Å². The fourth-order valence-corrected chi connectivity index (χ4v) is 2.35. The minimum absolute atomic E-state index is 0.561. The van der Waals surface area contributed by atoms with Crippen molar-refractivity contribution in [1.82, 2.24) is 14.9 Å². The van der Waals surface area contributed by atoms with E-state index < -0.39 is 5.60 Å². The lowest BCUT2D eigenvalue weighted by molar-refractivity contribution is 0.0676. The summed E-state index contributed by atoms with van der Waals surface area (Å²) >= 11 is 0. The summed E-state index contributed by atoms with van der Waals surface area (Å²) in [5.74, 6) is 1.70. The monoisotopic (exact) mass is 250 g/mol. The summed E-state index contributed by atoms with van der Waals surface area (Å²) in [5, 5.41) is 13.2. The van der Waals surface area contributed by atoms with E-state index in [1.54, 1.807) is 0 Å². The number of rotatable bonds is 4. The van der Waals surface area contributed by atoms with Crippen LogP contribution in [0.15, 0.2) is 6.07 Å². The molecule has 1 unspecified atom stereocenters. The maximum absolute atomic E-state index is 9.94. The molecule has 1 aromatic rings. The van der Waals surface area contributed by atoms with Gasteiger partial charge in [0.25, 0.3) is 0 Å². The van der Waals surface area contributed by atoms with Crippen LogP contribution in [0.25, 0.3) is 0 Å². The van der Waals surface area contributed by atoms with Gasteiger partial charge in [-0.15, -0.1) is 0 Å². The van der Waals surface area contributed by atoms with Crippen LogP contribution in [-0.4, -0.2) is 45.2 Å². The van der Waals surface area contributed by atoms with Crippen molar-refractivity contribution in [1.29, 1.82) is 0 Å². The Hall–Kier alpha value is -1.20. The standard InChI is InChI=1S/C13H22N4O/c1-4-14-11-7-10(2)15-12(16-11)8-17-6-5-13(3,18)9-17/h7,18H,4-6,8-9H2,1-3H3,(H,14,15,16). The van der Waals surface area contributed by atoms with Crippen LogP contribution in [0, 0.1) is 6.92 Å². The molecule has 5 heteroatoms.